The summed E-state index contributed by atoms with van der Waals surface area (Å²) in [5.41, 5.74) is 0.906. The minimum absolute atomic E-state index is 0.0274. The van der Waals surface area contributed by atoms with Gasteiger partial charge in [-0.2, -0.15) is 4.72 Å². The molecule has 0 aromatic heterocycles. The third-order valence-corrected chi connectivity index (χ3v) is 4.89. The monoisotopic (exact) mass is 354 g/mol. The Hall–Kier alpha value is -2.26. The first kappa shape index (κ1) is 18.1. The summed E-state index contributed by atoms with van der Waals surface area (Å²) in [6.45, 7) is 0.951. The van der Waals surface area contributed by atoms with E-state index in [0.717, 1.165) is 10.5 Å². The SMILES string of the molecule is Cc1ccc(S(=O)(=O)NCC(=O)OCC(=O)N2CCCC2=O)cc1. The second-order valence-corrected chi connectivity index (χ2v) is 7.11. The number of carbonyl (C=O) groups excluding carboxylic acids is 3. The lowest BCUT2D eigenvalue weighted by molar-refractivity contribution is -0.153. The van der Waals surface area contributed by atoms with E-state index in [9.17, 15) is 22.8 Å². The molecule has 2 amide bonds. The Morgan fingerprint density at radius 1 is 1.25 bits per heavy atom. The molecule has 1 heterocycles. The van der Waals surface area contributed by atoms with Crippen molar-refractivity contribution in [1.29, 1.82) is 0 Å². The zero-order valence-corrected chi connectivity index (χ0v) is 14.0. The number of sulfonamides is 1. The number of nitrogens with one attached hydrogen (secondary N) is 1. The Balaban J connectivity index is 1.81. The number of nitrogens with zero attached hydrogens (tertiary/aromatic N) is 1. The quantitative estimate of drug-likeness (QED) is 0.718. The molecule has 1 aliphatic rings. The van der Waals surface area contributed by atoms with Gasteiger partial charge in [-0.25, -0.2) is 8.42 Å². The Morgan fingerprint density at radius 3 is 2.50 bits per heavy atom. The van der Waals surface area contributed by atoms with Crippen molar-refractivity contribution in [2.75, 3.05) is 19.7 Å². The first-order valence-electron chi connectivity index (χ1n) is 7.35. The van der Waals surface area contributed by atoms with Crippen molar-refractivity contribution >= 4 is 27.8 Å². The molecule has 1 aliphatic heterocycles. The Morgan fingerprint density at radius 2 is 1.92 bits per heavy atom. The zero-order chi connectivity index (χ0) is 17.7. The number of amides is 2. The van der Waals surface area contributed by atoms with Crippen LogP contribution in [0.3, 0.4) is 0 Å². The van der Waals surface area contributed by atoms with E-state index in [1.807, 2.05) is 6.92 Å². The number of esters is 1. The molecule has 0 bridgehead atoms. The van der Waals surface area contributed by atoms with Gasteiger partial charge in [-0.1, -0.05) is 17.7 Å². The van der Waals surface area contributed by atoms with Crippen LogP contribution < -0.4 is 4.72 Å². The molecule has 0 unspecified atom stereocenters. The lowest BCUT2D eigenvalue weighted by Gasteiger charge is -2.13. The van der Waals surface area contributed by atoms with E-state index in [4.69, 9.17) is 4.74 Å². The molecule has 1 saturated heterocycles. The smallest absolute Gasteiger partial charge is 0.321 e. The predicted octanol–water partition coefficient (Wildman–Crippen LogP) is -0.0345. The summed E-state index contributed by atoms with van der Waals surface area (Å²) in [5, 5.41) is 0. The van der Waals surface area contributed by atoms with Gasteiger partial charge in [0.25, 0.3) is 5.91 Å². The van der Waals surface area contributed by atoms with E-state index >= 15 is 0 Å². The lowest BCUT2D eigenvalue weighted by atomic mass is 10.2. The molecule has 0 atom stereocenters. The van der Waals surface area contributed by atoms with Gasteiger partial charge < -0.3 is 4.74 Å². The lowest BCUT2D eigenvalue weighted by Crippen LogP contribution is -2.37. The predicted molar refractivity (Wildman–Crippen MR) is 83.3 cm³/mol. The number of aryl methyl sites for hydroxylation is 1. The topological polar surface area (TPSA) is 110 Å². The van der Waals surface area contributed by atoms with Gasteiger partial charge in [0.1, 0.15) is 6.54 Å². The second-order valence-electron chi connectivity index (χ2n) is 5.34. The third kappa shape index (κ3) is 4.62. The fourth-order valence-corrected chi connectivity index (χ4v) is 3.11. The summed E-state index contributed by atoms with van der Waals surface area (Å²) in [4.78, 5) is 35.7. The molecule has 24 heavy (non-hydrogen) atoms. The van der Waals surface area contributed by atoms with Gasteiger partial charge in [0.05, 0.1) is 4.90 Å². The number of hydrogen-bond acceptors (Lipinski definition) is 6. The van der Waals surface area contributed by atoms with E-state index in [1.165, 1.54) is 12.1 Å². The summed E-state index contributed by atoms with van der Waals surface area (Å²) in [5.74, 6) is -1.80. The molecule has 9 heteroatoms. The van der Waals surface area contributed by atoms with Crippen molar-refractivity contribution in [2.24, 2.45) is 0 Å². The minimum atomic E-state index is -3.84. The van der Waals surface area contributed by atoms with Crippen molar-refractivity contribution in [3.8, 4) is 0 Å². The van der Waals surface area contributed by atoms with Gasteiger partial charge in [-0.15, -0.1) is 0 Å². The van der Waals surface area contributed by atoms with Crippen LogP contribution in [0, 0.1) is 6.92 Å². The number of rotatable bonds is 6. The summed E-state index contributed by atoms with van der Waals surface area (Å²) >= 11 is 0. The zero-order valence-electron chi connectivity index (χ0n) is 13.1. The normalized spacial score (nSPS) is 14.7. The Labute approximate surface area is 139 Å². The standard InChI is InChI=1S/C15H18N2O6S/c1-11-4-6-12(7-5-11)24(21,22)16-9-15(20)23-10-14(19)17-8-2-3-13(17)18/h4-7,16H,2-3,8-10H2,1H3. The summed E-state index contributed by atoms with van der Waals surface area (Å²) in [6.07, 6.45) is 0.894. The van der Waals surface area contributed by atoms with Gasteiger partial charge in [-0.3, -0.25) is 19.3 Å². The molecular formula is C15H18N2O6S. The second kappa shape index (κ2) is 7.54. The molecule has 1 N–H and O–H groups in total. The van der Waals surface area contributed by atoms with Crippen LogP contribution in [-0.4, -0.2) is 50.8 Å². The molecule has 1 aromatic carbocycles. The van der Waals surface area contributed by atoms with E-state index in [2.05, 4.69) is 4.72 Å². The number of benzene rings is 1. The van der Waals surface area contributed by atoms with Crippen molar-refractivity contribution in [3.05, 3.63) is 29.8 Å². The first-order valence-corrected chi connectivity index (χ1v) is 8.83. The molecule has 1 fully saturated rings. The average Bonchev–Trinajstić information content (AvgIpc) is 2.97. The van der Waals surface area contributed by atoms with Crippen molar-refractivity contribution in [2.45, 2.75) is 24.7 Å². The van der Waals surface area contributed by atoms with Crippen LogP contribution in [-0.2, 0) is 29.1 Å². The highest BCUT2D eigenvalue weighted by atomic mass is 32.2. The number of hydrogen-bond donors (Lipinski definition) is 1. The number of carbonyl (C=O) groups is 3. The molecule has 130 valence electrons. The summed E-state index contributed by atoms with van der Waals surface area (Å²) < 4.78 is 30.8. The molecule has 0 saturated carbocycles. The van der Waals surface area contributed by atoms with Crippen molar-refractivity contribution in [1.82, 2.24) is 9.62 Å². The maximum atomic E-state index is 12.0. The highest BCUT2D eigenvalue weighted by Crippen LogP contribution is 2.10. The molecule has 0 aliphatic carbocycles. The maximum absolute atomic E-state index is 12.0. The molecule has 0 radical (unpaired) electrons. The third-order valence-electron chi connectivity index (χ3n) is 3.47. The van der Waals surface area contributed by atoms with Crippen molar-refractivity contribution in [3.63, 3.8) is 0 Å². The van der Waals surface area contributed by atoms with Gasteiger partial charge in [0.2, 0.25) is 15.9 Å². The van der Waals surface area contributed by atoms with Gasteiger partial charge >= 0.3 is 5.97 Å². The fourth-order valence-electron chi connectivity index (χ4n) is 2.14. The number of imide groups is 1. The van der Waals surface area contributed by atoms with E-state index in [-0.39, 0.29) is 10.8 Å². The van der Waals surface area contributed by atoms with Crippen LogP contribution in [0.25, 0.3) is 0 Å². The van der Waals surface area contributed by atoms with E-state index in [0.29, 0.717) is 19.4 Å². The number of likely N-dealkylation sites (tertiary alicyclic amines) is 1. The van der Waals surface area contributed by atoms with Gasteiger partial charge in [-0.05, 0) is 25.5 Å². The van der Waals surface area contributed by atoms with Crippen LogP contribution in [0.4, 0.5) is 0 Å². The highest BCUT2D eigenvalue weighted by molar-refractivity contribution is 7.89. The Bertz CT molecular complexity index is 742. The van der Waals surface area contributed by atoms with Crippen LogP contribution in [0.1, 0.15) is 18.4 Å². The maximum Gasteiger partial charge on any atom is 0.321 e. The van der Waals surface area contributed by atoms with Crippen LogP contribution in [0.5, 0.6) is 0 Å². The van der Waals surface area contributed by atoms with E-state index in [1.54, 1.807) is 12.1 Å². The molecule has 8 nitrogen and oxygen atoms in total. The summed E-state index contributed by atoms with van der Waals surface area (Å²) in [7, 11) is -3.84. The molecular weight excluding hydrogens is 336 g/mol. The van der Waals surface area contributed by atoms with Gasteiger partial charge in [0.15, 0.2) is 6.61 Å². The van der Waals surface area contributed by atoms with Crippen molar-refractivity contribution < 1.29 is 27.5 Å². The largest absolute Gasteiger partial charge is 0.455 e. The number of ether oxygens (including phenoxy) is 1. The molecule has 0 spiro atoms. The minimum Gasteiger partial charge on any atom is -0.455 e. The summed E-state index contributed by atoms with van der Waals surface area (Å²) in [6, 6.07) is 6.12. The van der Waals surface area contributed by atoms with Gasteiger partial charge in [0, 0.05) is 13.0 Å². The van der Waals surface area contributed by atoms with Crippen LogP contribution >= 0.6 is 0 Å². The van der Waals surface area contributed by atoms with Crippen LogP contribution in [0.15, 0.2) is 29.2 Å². The first-order chi connectivity index (χ1) is 11.3. The fraction of sp³-hybridized carbons (Fsp3) is 0.400. The average molecular weight is 354 g/mol. The molecule has 2 rings (SSSR count). The Kier molecular flexibility index (Phi) is 5.68. The van der Waals surface area contributed by atoms with E-state index < -0.39 is 35.1 Å². The highest BCUT2D eigenvalue weighted by Gasteiger charge is 2.27. The van der Waals surface area contributed by atoms with Crippen LogP contribution in [0.2, 0.25) is 0 Å². The molecule has 1 aromatic rings.